The van der Waals surface area contributed by atoms with E-state index in [-0.39, 0.29) is 5.91 Å². The van der Waals surface area contributed by atoms with Crippen molar-refractivity contribution in [2.45, 2.75) is 19.1 Å². The summed E-state index contributed by atoms with van der Waals surface area (Å²) in [6, 6.07) is 16.8. The van der Waals surface area contributed by atoms with Gasteiger partial charge in [0, 0.05) is 23.7 Å². The highest BCUT2D eigenvalue weighted by molar-refractivity contribution is 6.31. The Balaban J connectivity index is 1.34. The number of carbonyl (C=O) groups excluding carboxylic acids is 1. The first kappa shape index (κ1) is 19.0. The summed E-state index contributed by atoms with van der Waals surface area (Å²) in [7, 11) is 1.61. The molecule has 148 valence electrons. The maximum Gasteiger partial charge on any atom is 0.269 e. The SMILES string of the molecule is COc1ccc(C2=NOC(C(=O)Nc3ccn(Cc4ccccc4Cl)n3)C2)cc1. The highest BCUT2D eigenvalue weighted by Crippen LogP contribution is 2.21. The molecule has 3 aromatic rings. The van der Waals surface area contributed by atoms with E-state index in [0.717, 1.165) is 22.6 Å². The molecule has 1 N–H and O–H groups in total. The van der Waals surface area contributed by atoms with E-state index in [2.05, 4.69) is 15.6 Å². The fraction of sp³-hybridized carbons (Fsp3) is 0.190. The van der Waals surface area contributed by atoms with E-state index >= 15 is 0 Å². The van der Waals surface area contributed by atoms with Crippen LogP contribution in [0.4, 0.5) is 5.82 Å². The number of oxime groups is 1. The molecule has 0 radical (unpaired) electrons. The Bertz CT molecular complexity index is 1050. The molecule has 2 heterocycles. The molecule has 0 bridgehead atoms. The summed E-state index contributed by atoms with van der Waals surface area (Å²) >= 11 is 6.19. The average molecular weight is 411 g/mol. The molecule has 4 rings (SSSR count). The molecule has 8 heteroatoms. The maximum absolute atomic E-state index is 12.5. The molecule has 1 aliphatic heterocycles. The van der Waals surface area contributed by atoms with Gasteiger partial charge >= 0.3 is 0 Å². The molecule has 29 heavy (non-hydrogen) atoms. The first-order valence-corrected chi connectivity index (χ1v) is 9.45. The van der Waals surface area contributed by atoms with Crippen LogP contribution in [0.3, 0.4) is 0 Å². The van der Waals surface area contributed by atoms with Crippen LogP contribution in [-0.4, -0.2) is 34.6 Å². The molecule has 0 aliphatic carbocycles. The van der Waals surface area contributed by atoms with Crippen LogP contribution in [0.2, 0.25) is 5.02 Å². The number of anilines is 1. The van der Waals surface area contributed by atoms with Crippen molar-refractivity contribution in [3.05, 3.63) is 76.9 Å². The second kappa shape index (κ2) is 8.36. The molecule has 1 atom stereocenters. The molecule has 0 saturated heterocycles. The average Bonchev–Trinajstić information content (AvgIpc) is 3.40. The van der Waals surface area contributed by atoms with Gasteiger partial charge in [0.05, 0.1) is 19.4 Å². The molecule has 0 fully saturated rings. The number of carbonyl (C=O) groups is 1. The lowest BCUT2D eigenvalue weighted by atomic mass is 10.0. The summed E-state index contributed by atoms with van der Waals surface area (Å²) in [6.45, 7) is 0.514. The Hall–Kier alpha value is -3.32. The summed E-state index contributed by atoms with van der Waals surface area (Å²) in [5.41, 5.74) is 2.56. The molecule has 1 amide bonds. The second-order valence-electron chi connectivity index (χ2n) is 6.54. The van der Waals surface area contributed by atoms with Crippen molar-refractivity contribution in [3.8, 4) is 5.75 Å². The van der Waals surface area contributed by atoms with Crippen LogP contribution in [0.5, 0.6) is 5.75 Å². The smallest absolute Gasteiger partial charge is 0.269 e. The first-order valence-electron chi connectivity index (χ1n) is 9.07. The van der Waals surface area contributed by atoms with E-state index in [9.17, 15) is 4.79 Å². The Kier molecular flexibility index (Phi) is 5.48. The lowest BCUT2D eigenvalue weighted by molar-refractivity contribution is -0.125. The second-order valence-corrected chi connectivity index (χ2v) is 6.95. The highest BCUT2D eigenvalue weighted by Gasteiger charge is 2.29. The van der Waals surface area contributed by atoms with Crippen LogP contribution in [-0.2, 0) is 16.2 Å². The molecular formula is C21H19ClN4O3. The zero-order valence-electron chi connectivity index (χ0n) is 15.7. The number of benzene rings is 2. The number of nitrogens with zero attached hydrogens (tertiary/aromatic N) is 3. The van der Waals surface area contributed by atoms with Crippen LogP contribution < -0.4 is 10.1 Å². The number of halogens is 1. The summed E-state index contributed by atoms with van der Waals surface area (Å²) in [5.74, 6) is 0.916. The monoisotopic (exact) mass is 410 g/mol. The Morgan fingerprint density at radius 1 is 1.24 bits per heavy atom. The third-order valence-electron chi connectivity index (χ3n) is 4.57. The van der Waals surface area contributed by atoms with Crippen LogP contribution >= 0.6 is 11.6 Å². The predicted molar refractivity (Wildman–Crippen MR) is 110 cm³/mol. The third kappa shape index (κ3) is 4.41. The van der Waals surface area contributed by atoms with E-state index in [1.54, 1.807) is 24.1 Å². The predicted octanol–water partition coefficient (Wildman–Crippen LogP) is 3.73. The van der Waals surface area contributed by atoms with E-state index in [1.807, 2.05) is 48.5 Å². The zero-order chi connectivity index (χ0) is 20.2. The number of amides is 1. The van der Waals surface area contributed by atoms with Crippen molar-refractivity contribution in [2.75, 3.05) is 12.4 Å². The molecule has 1 unspecified atom stereocenters. The highest BCUT2D eigenvalue weighted by atomic mass is 35.5. The van der Waals surface area contributed by atoms with Gasteiger partial charge < -0.3 is 14.9 Å². The number of rotatable bonds is 6. The summed E-state index contributed by atoms with van der Waals surface area (Å²) in [5, 5.41) is 11.9. The van der Waals surface area contributed by atoms with E-state index in [1.165, 1.54) is 0 Å². The van der Waals surface area contributed by atoms with E-state index in [4.69, 9.17) is 21.2 Å². The van der Waals surface area contributed by atoms with Crippen molar-refractivity contribution >= 4 is 29.0 Å². The Morgan fingerprint density at radius 2 is 2.03 bits per heavy atom. The van der Waals surface area contributed by atoms with Gasteiger partial charge in [-0.1, -0.05) is 35.0 Å². The fourth-order valence-electron chi connectivity index (χ4n) is 3.00. The molecule has 1 aromatic heterocycles. The summed E-state index contributed by atoms with van der Waals surface area (Å²) < 4.78 is 6.87. The van der Waals surface area contributed by atoms with E-state index in [0.29, 0.717) is 23.8 Å². The number of ether oxygens (including phenoxy) is 1. The van der Waals surface area contributed by atoms with Gasteiger partial charge in [0.1, 0.15) is 5.75 Å². The largest absolute Gasteiger partial charge is 0.497 e. The van der Waals surface area contributed by atoms with E-state index < -0.39 is 6.10 Å². The van der Waals surface area contributed by atoms with Gasteiger partial charge in [-0.15, -0.1) is 0 Å². The van der Waals surface area contributed by atoms with Crippen LogP contribution in [0, 0.1) is 0 Å². The van der Waals surface area contributed by atoms with Crippen molar-refractivity contribution in [1.29, 1.82) is 0 Å². The quantitative estimate of drug-likeness (QED) is 0.671. The molecule has 7 nitrogen and oxygen atoms in total. The van der Waals surface area contributed by atoms with Crippen LogP contribution in [0.1, 0.15) is 17.5 Å². The minimum absolute atomic E-state index is 0.291. The van der Waals surface area contributed by atoms with Gasteiger partial charge in [-0.05, 0) is 41.5 Å². The molecule has 0 spiro atoms. The van der Waals surface area contributed by atoms with Gasteiger partial charge in [-0.3, -0.25) is 9.48 Å². The third-order valence-corrected chi connectivity index (χ3v) is 4.94. The number of hydrogen-bond acceptors (Lipinski definition) is 5. The van der Waals surface area contributed by atoms with Crippen molar-refractivity contribution in [3.63, 3.8) is 0 Å². The number of methoxy groups -OCH3 is 1. The first-order chi connectivity index (χ1) is 14.1. The molecule has 2 aromatic carbocycles. The Labute approximate surface area is 172 Å². The summed E-state index contributed by atoms with van der Waals surface area (Å²) in [4.78, 5) is 17.8. The summed E-state index contributed by atoms with van der Waals surface area (Å²) in [6.07, 6.45) is 1.48. The molecule has 1 aliphatic rings. The van der Waals surface area contributed by atoms with Crippen LogP contribution in [0.15, 0.2) is 65.9 Å². The minimum Gasteiger partial charge on any atom is -0.497 e. The number of nitrogens with one attached hydrogen (secondary N) is 1. The van der Waals surface area contributed by atoms with Crippen molar-refractivity contribution < 1.29 is 14.4 Å². The van der Waals surface area contributed by atoms with Gasteiger partial charge in [0.15, 0.2) is 5.82 Å². The lowest BCUT2D eigenvalue weighted by Crippen LogP contribution is -2.28. The zero-order valence-corrected chi connectivity index (χ0v) is 16.5. The fourth-order valence-corrected chi connectivity index (χ4v) is 3.19. The van der Waals surface area contributed by atoms with Crippen molar-refractivity contribution in [2.24, 2.45) is 5.16 Å². The van der Waals surface area contributed by atoms with Gasteiger partial charge in [-0.25, -0.2) is 0 Å². The Morgan fingerprint density at radius 3 is 2.79 bits per heavy atom. The number of hydrogen-bond donors (Lipinski definition) is 1. The van der Waals surface area contributed by atoms with Gasteiger partial charge in [0.2, 0.25) is 6.10 Å². The molecular weight excluding hydrogens is 392 g/mol. The minimum atomic E-state index is -0.694. The lowest BCUT2D eigenvalue weighted by Gasteiger charge is -2.08. The standard InChI is InChI=1S/C21H19ClN4O3/c1-28-16-8-6-14(7-9-16)18-12-19(29-25-18)21(27)23-20-10-11-26(24-20)13-15-4-2-3-5-17(15)22/h2-11,19H,12-13H2,1H3,(H,23,24,27). The van der Waals surface area contributed by atoms with Gasteiger partial charge in [0.25, 0.3) is 5.91 Å². The van der Waals surface area contributed by atoms with Crippen molar-refractivity contribution in [1.82, 2.24) is 9.78 Å². The van der Waals surface area contributed by atoms with Gasteiger partial charge in [-0.2, -0.15) is 5.10 Å². The normalized spacial score (nSPS) is 15.5. The molecule has 0 saturated carbocycles. The number of aromatic nitrogens is 2. The maximum atomic E-state index is 12.5. The topological polar surface area (TPSA) is 77.7 Å². The van der Waals surface area contributed by atoms with Crippen LogP contribution in [0.25, 0.3) is 0 Å².